The molecule has 0 atom stereocenters. The minimum Gasteiger partial charge on any atom is -0.486 e. The maximum absolute atomic E-state index is 12.6. The van der Waals surface area contributed by atoms with E-state index >= 15 is 0 Å². The van der Waals surface area contributed by atoms with Crippen LogP contribution >= 0.6 is 0 Å². The van der Waals surface area contributed by atoms with E-state index in [4.69, 9.17) is 9.47 Å². The average molecular weight is 354 g/mol. The molecular weight excluding hydrogens is 332 g/mol. The molecule has 26 heavy (non-hydrogen) atoms. The number of nitrogens with one attached hydrogen (secondary N) is 2. The molecule has 0 radical (unpaired) electrons. The van der Waals surface area contributed by atoms with Gasteiger partial charge in [-0.2, -0.15) is 0 Å². The van der Waals surface area contributed by atoms with E-state index in [1.807, 2.05) is 31.2 Å². The third-order valence-corrected chi connectivity index (χ3v) is 4.24. The second-order valence-electron chi connectivity index (χ2n) is 6.76. The van der Waals surface area contributed by atoms with Crippen molar-refractivity contribution in [1.29, 1.82) is 0 Å². The quantitative estimate of drug-likeness (QED) is 0.826. The van der Waals surface area contributed by atoms with Crippen LogP contribution in [0.3, 0.4) is 0 Å². The predicted molar refractivity (Wildman–Crippen MR) is 99.7 cm³/mol. The highest BCUT2D eigenvalue weighted by molar-refractivity contribution is 6.14. The van der Waals surface area contributed by atoms with Gasteiger partial charge in [0.2, 0.25) is 11.8 Å². The van der Waals surface area contributed by atoms with Gasteiger partial charge in [0.25, 0.3) is 0 Å². The average Bonchev–Trinajstić information content (AvgIpc) is 2.63. The molecule has 6 nitrogen and oxygen atoms in total. The molecule has 0 bridgehead atoms. The maximum atomic E-state index is 12.6. The van der Waals surface area contributed by atoms with Crippen LogP contribution in [0.5, 0.6) is 11.5 Å². The first kappa shape index (κ1) is 17.8. The summed E-state index contributed by atoms with van der Waals surface area (Å²) < 4.78 is 11.0. The third-order valence-electron chi connectivity index (χ3n) is 4.24. The normalized spacial score (nSPS) is 13.0. The number of ether oxygens (including phenoxy) is 2. The number of amides is 2. The van der Waals surface area contributed by atoms with Crippen molar-refractivity contribution < 1.29 is 19.1 Å². The van der Waals surface area contributed by atoms with Gasteiger partial charge in [-0.25, -0.2) is 0 Å². The van der Waals surface area contributed by atoms with Crippen molar-refractivity contribution in [2.75, 3.05) is 23.8 Å². The van der Waals surface area contributed by atoms with Gasteiger partial charge in [-0.1, -0.05) is 17.7 Å². The predicted octanol–water partition coefficient (Wildman–Crippen LogP) is 3.37. The van der Waals surface area contributed by atoms with Crippen molar-refractivity contribution in [2.45, 2.75) is 20.8 Å². The van der Waals surface area contributed by atoms with Gasteiger partial charge in [0, 0.05) is 17.4 Å². The van der Waals surface area contributed by atoms with Crippen LogP contribution in [0.25, 0.3) is 0 Å². The first-order valence-corrected chi connectivity index (χ1v) is 8.45. The second-order valence-corrected chi connectivity index (χ2v) is 6.76. The van der Waals surface area contributed by atoms with Gasteiger partial charge in [-0.15, -0.1) is 0 Å². The monoisotopic (exact) mass is 354 g/mol. The van der Waals surface area contributed by atoms with Gasteiger partial charge in [-0.05, 0) is 45.0 Å². The van der Waals surface area contributed by atoms with Crippen LogP contribution in [0.4, 0.5) is 11.4 Å². The highest BCUT2D eigenvalue weighted by atomic mass is 16.6. The summed E-state index contributed by atoms with van der Waals surface area (Å²) in [5.41, 5.74) is 1.05. The Morgan fingerprint density at radius 3 is 2.04 bits per heavy atom. The Bertz CT molecular complexity index is 828. The standard InChI is InChI=1S/C20H22N2O4/c1-13-4-6-14(7-5-13)21-18(23)20(2,3)19(24)22-15-8-9-16-17(12-15)26-11-10-25-16/h4-9,12H,10-11H2,1-3H3,(H,21,23)(H,22,24). The topological polar surface area (TPSA) is 76.7 Å². The molecule has 1 aliphatic heterocycles. The Hall–Kier alpha value is -3.02. The third kappa shape index (κ3) is 3.79. The van der Waals surface area contributed by atoms with E-state index < -0.39 is 11.3 Å². The first-order valence-electron chi connectivity index (χ1n) is 8.45. The number of benzene rings is 2. The van der Waals surface area contributed by atoms with Gasteiger partial charge < -0.3 is 20.1 Å². The summed E-state index contributed by atoms with van der Waals surface area (Å²) in [6.07, 6.45) is 0. The molecule has 0 saturated carbocycles. The van der Waals surface area contributed by atoms with Crippen molar-refractivity contribution >= 4 is 23.2 Å². The fraction of sp³-hybridized carbons (Fsp3) is 0.300. The number of anilines is 2. The van der Waals surface area contributed by atoms with Crippen LogP contribution in [0.2, 0.25) is 0 Å². The van der Waals surface area contributed by atoms with Crippen LogP contribution in [-0.2, 0) is 9.59 Å². The molecule has 0 spiro atoms. The highest BCUT2D eigenvalue weighted by Gasteiger charge is 2.36. The molecule has 1 heterocycles. The van der Waals surface area contributed by atoms with E-state index in [-0.39, 0.29) is 5.91 Å². The van der Waals surface area contributed by atoms with Crippen LogP contribution in [-0.4, -0.2) is 25.0 Å². The van der Waals surface area contributed by atoms with Crippen molar-refractivity contribution in [3.63, 3.8) is 0 Å². The van der Waals surface area contributed by atoms with E-state index in [0.29, 0.717) is 36.1 Å². The molecule has 0 unspecified atom stereocenters. The zero-order valence-electron chi connectivity index (χ0n) is 15.1. The zero-order chi connectivity index (χ0) is 18.7. The van der Waals surface area contributed by atoms with E-state index in [1.54, 1.807) is 32.0 Å². The van der Waals surface area contributed by atoms with Gasteiger partial charge >= 0.3 is 0 Å². The molecule has 2 aromatic rings. The van der Waals surface area contributed by atoms with Crippen LogP contribution in [0.1, 0.15) is 19.4 Å². The molecule has 0 fully saturated rings. The van der Waals surface area contributed by atoms with Crippen molar-refractivity contribution in [3.05, 3.63) is 48.0 Å². The number of rotatable bonds is 4. The molecule has 2 amide bonds. The Kier molecular flexibility index (Phi) is 4.84. The number of carbonyl (C=O) groups excluding carboxylic acids is 2. The Balaban J connectivity index is 1.69. The first-order chi connectivity index (χ1) is 12.4. The minimum atomic E-state index is -1.25. The smallest absolute Gasteiger partial charge is 0.239 e. The maximum Gasteiger partial charge on any atom is 0.239 e. The number of carbonyl (C=O) groups is 2. The molecule has 2 N–H and O–H groups in total. The lowest BCUT2D eigenvalue weighted by molar-refractivity contribution is -0.135. The van der Waals surface area contributed by atoms with Crippen LogP contribution < -0.4 is 20.1 Å². The summed E-state index contributed by atoms with van der Waals surface area (Å²) in [5, 5.41) is 5.55. The fourth-order valence-electron chi connectivity index (χ4n) is 2.44. The molecule has 0 aliphatic carbocycles. The molecule has 0 aromatic heterocycles. The largest absolute Gasteiger partial charge is 0.486 e. The van der Waals surface area contributed by atoms with Crippen LogP contribution in [0.15, 0.2) is 42.5 Å². The zero-order valence-corrected chi connectivity index (χ0v) is 15.1. The molecule has 2 aromatic carbocycles. The number of hydrogen-bond acceptors (Lipinski definition) is 4. The number of aryl methyl sites for hydroxylation is 1. The fourth-order valence-corrected chi connectivity index (χ4v) is 2.44. The SMILES string of the molecule is Cc1ccc(NC(=O)C(C)(C)C(=O)Nc2ccc3c(c2)OCCO3)cc1. The summed E-state index contributed by atoms with van der Waals surface area (Å²) in [4.78, 5) is 25.2. The van der Waals surface area contributed by atoms with Gasteiger partial charge in [0.15, 0.2) is 11.5 Å². The number of hydrogen-bond donors (Lipinski definition) is 2. The molecule has 136 valence electrons. The van der Waals surface area contributed by atoms with Crippen molar-refractivity contribution in [2.24, 2.45) is 5.41 Å². The summed E-state index contributed by atoms with van der Waals surface area (Å²) in [5.74, 6) is 0.441. The summed E-state index contributed by atoms with van der Waals surface area (Å²) in [6, 6.07) is 12.6. The van der Waals surface area contributed by atoms with Gasteiger partial charge in [0.05, 0.1) is 0 Å². The van der Waals surface area contributed by atoms with Gasteiger partial charge in [-0.3, -0.25) is 9.59 Å². The van der Waals surface area contributed by atoms with E-state index in [1.165, 1.54) is 0 Å². The Labute approximate surface area is 152 Å². The lowest BCUT2D eigenvalue weighted by Gasteiger charge is -2.24. The summed E-state index contributed by atoms with van der Waals surface area (Å²) in [7, 11) is 0. The lowest BCUT2D eigenvalue weighted by Crippen LogP contribution is -2.41. The summed E-state index contributed by atoms with van der Waals surface area (Å²) >= 11 is 0. The van der Waals surface area contributed by atoms with Crippen LogP contribution in [0, 0.1) is 12.3 Å². The highest BCUT2D eigenvalue weighted by Crippen LogP contribution is 2.33. The van der Waals surface area contributed by atoms with E-state index in [0.717, 1.165) is 5.56 Å². The Morgan fingerprint density at radius 2 is 1.38 bits per heavy atom. The number of fused-ring (bicyclic) bond motifs is 1. The molecule has 1 aliphatic rings. The summed E-state index contributed by atoms with van der Waals surface area (Å²) in [6.45, 7) is 6.11. The van der Waals surface area contributed by atoms with Crippen molar-refractivity contribution in [1.82, 2.24) is 0 Å². The lowest BCUT2D eigenvalue weighted by atomic mass is 9.90. The minimum absolute atomic E-state index is 0.378. The molecule has 3 rings (SSSR count). The van der Waals surface area contributed by atoms with E-state index in [9.17, 15) is 9.59 Å². The van der Waals surface area contributed by atoms with Gasteiger partial charge in [0.1, 0.15) is 18.6 Å². The Morgan fingerprint density at radius 1 is 0.846 bits per heavy atom. The molecule has 0 saturated heterocycles. The molecular formula is C20H22N2O4. The van der Waals surface area contributed by atoms with Crippen molar-refractivity contribution in [3.8, 4) is 11.5 Å². The second kappa shape index (κ2) is 7.07. The molecule has 6 heteroatoms. The van der Waals surface area contributed by atoms with E-state index in [2.05, 4.69) is 10.6 Å².